The van der Waals surface area contributed by atoms with Crippen molar-refractivity contribution in [3.8, 4) is 0 Å². The second-order valence-electron chi connectivity index (χ2n) is 6.96. The lowest BCUT2D eigenvalue weighted by Crippen LogP contribution is -2.45. The third-order valence-corrected chi connectivity index (χ3v) is 5.25. The fourth-order valence-corrected chi connectivity index (χ4v) is 3.28. The zero-order valence-electron chi connectivity index (χ0n) is 13.2. The van der Waals surface area contributed by atoms with E-state index in [2.05, 4.69) is 6.92 Å². The SMILES string of the molecule is CC1(CN)CCN(C(=O)C2CC2c2ccc(F)c(F)c2)CC1.Cl. The van der Waals surface area contributed by atoms with Crippen LogP contribution in [0, 0.1) is 23.0 Å². The zero-order valence-corrected chi connectivity index (χ0v) is 14.0. The Kier molecular flexibility index (Phi) is 5.31. The van der Waals surface area contributed by atoms with Crippen molar-refractivity contribution in [3.63, 3.8) is 0 Å². The molecule has 2 atom stereocenters. The fourth-order valence-electron chi connectivity index (χ4n) is 3.28. The van der Waals surface area contributed by atoms with E-state index in [1.165, 1.54) is 6.07 Å². The molecule has 1 saturated heterocycles. The highest BCUT2D eigenvalue weighted by molar-refractivity contribution is 5.85. The van der Waals surface area contributed by atoms with E-state index in [1.807, 2.05) is 4.90 Å². The number of benzene rings is 1. The van der Waals surface area contributed by atoms with Crippen LogP contribution in [0.5, 0.6) is 0 Å². The molecule has 128 valence electrons. The maximum absolute atomic E-state index is 13.3. The van der Waals surface area contributed by atoms with Gasteiger partial charge in [-0.2, -0.15) is 0 Å². The van der Waals surface area contributed by atoms with Gasteiger partial charge in [0.2, 0.25) is 5.91 Å². The molecule has 1 aromatic rings. The van der Waals surface area contributed by atoms with Gasteiger partial charge in [0.05, 0.1) is 0 Å². The summed E-state index contributed by atoms with van der Waals surface area (Å²) in [6, 6.07) is 3.94. The first-order valence-electron chi connectivity index (χ1n) is 7.87. The van der Waals surface area contributed by atoms with E-state index in [1.54, 1.807) is 6.07 Å². The Labute approximate surface area is 141 Å². The Bertz CT molecular complexity index is 588. The van der Waals surface area contributed by atoms with Gasteiger partial charge >= 0.3 is 0 Å². The smallest absolute Gasteiger partial charge is 0.226 e. The summed E-state index contributed by atoms with van der Waals surface area (Å²) in [5.41, 5.74) is 6.65. The van der Waals surface area contributed by atoms with Crippen LogP contribution in [0.4, 0.5) is 8.78 Å². The van der Waals surface area contributed by atoms with Gasteiger partial charge in [-0.1, -0.05) is 13.0 Å². The van der Waals surface area contributed by atoms with Crippen LogP contribution < -0.4 is 5.73 Å². The first-order valence-corrected chi connectivity index (χ1v) is 7.87. The van der Waals surface area contributed by atoms with E-state index in [0.717, 1.165) is 44.0 Å². The molecule has 0 spiro atoms. The highest BCUT2D eigenvalue weighted by Crippen LogP contribution is 2.49. The molecule has 3 nitrogen and oxygen atoms in total. The summed E-state index contributed by atoms with van der Waals surface area (Å²) >= 11 is 0. The van der Waals surface area contributed by atoms with Crippen LogP contribution in [0.15, 0.2) is 18.2 Å². The van der Waals surface area contributed by atoms with Crippen LogP contribution in [0.3, 0.4) is 0 Å². The monoisotopic (exact) mass is 344 g/mol. The lowest BCUT2D eigenvalue weighted by molar-refractivity contribution is -0.134. The number of hydrogen-bond donors (Lipinski definition) is 1. The Morgan fingerprint density at radius 1 is 1.30 bits per heavy atom. The number of amides is 1. The molecular weight excluding hydrogens is 322 g/mol. The van der Waals surface area contributed by atoms with Crippen molar-refractivity contribution in [3.05, 3.63) is 35.4 Å². The van der Waals surface area contributed by atoms with Crippen LogP contribution >= 0.6 is 12.4 Å². The first kappa shape index (κ1) is 18.1. The summed E-state index contributed by atoms with van der Waals surface area (Å²) in [4.78, 5) is 14.4. The standard InChI is InChI=1S/C17H22F2N2O.ClH/c1-17(10-20)4-6-21(7-5-17)16(22)13-9-12(13)11-2-3-14(18)15(19)8-11;/h2-3,8,12-13H,4-7,9-10,20H2,1H3;1H. The number of carbonyl (C=O) groups excluding carboxylic acids is 1. The number of hydrogen-bond acceptors (Lipinski definition) is 2. The molecule has 2 fully saturated rings. The number of piperidine rings is 1. The molecule has 0 aromatic heterocycles. The summed E-state index contributed by atoms with van der Waals surface area (Å²) in [5.74, 6) is -1.58. The van der Waals surface area contributed by atoms with E-state index >= 15 is 0 Å². The van der Waals surface area contributed by atoms with Crippen LogP contribution in [-0.4, -0.2) is 30.4 Å². The lowest BCUT2D eigenvalue weighted by atomic mass is 9.80. The van der Waals surface area contributed by atoms with E-state index < -0.39 is 11.6 Å². The molecule has 1 aliphatic heterocycles. The zero-order chi connectivity index (χ0) is 15.9. The number of rotatable bonds is 3. The number of carbonyl (C=O) groups is 1. The van der Waals surface area contributed by atoms with Gasteiger partial charge in [0.25, 0.3) is 0 Å². The fraction of sp³-hybridized carbons (Fsp3) is 0.588. The average Bonchev–Trinajstić information content (AvgIpc) is 3.31. The highest BCUT2D eigenvalue weighted by Gasteiger charge is 2.46. The van der Waals surface area contributed by atoms with Crippen LogP contribution in [0.1, 0.15) is 37.7 Å². The van der Waals surface area contributed by atoms with Crippen molar-refractivity contribution in [1.82, 2.24) is 4.90 Å². The van der Waals surface area contributed by atoms with Crippen molar-refractivity contribution in [2.75, 3.05) is 19.6 Å². The molecule has 2 aliphatic rings. The topological polar surface area (TPSA) is 46.3 Å². The number of nitrogens with two attached hydrogens (primary N) is 1. The molecule has 2 N–H and O–H groups in total. The van der Waals surface area contributed by atoms with Crippen molar-refractivity contribution in [2.24, 2.45) is 17.1 Å². The minimum Gasteiger partial charge on any atom is -0.342 e. The first-order chi connectivity index (χ1) is 10.4. The third-order valence-electron chi connectivity index (χ3n) is 5.25. The van der Waals surface area contributed by atoms with E-state index in [0.29, 0.717) is 6.54 Å². The van der Waals surface area contributed by atoms with Crippen molar-refractivity contribution < 1.29 is 13.6 Å². The predicted octanol–water partition coefficient (Wildman–Crippen LogP) is 3.08. The maximum atomic E-state index is 13.3. The molecule has 1 saturated carbocycles. The second kappa shape index (κ2) is 6.73. The van der Waals surface area contributed by atoms with E-state index in [-0.39, 0.29) is 35.6 Å². The van der Waals surface area contributed by atoms with Crippen LogP contribution in [-0.2, 0) is 4.79 Å². The predicted molar refractivity (Wildman–Crippen MR) is 87.4 cm³/mol. The van der Waals surface area contributed by atoms with Gasteiger partial charge in [-0.15, -0.1) is 12.4 Å². The molecule has 1 aliphatic carbocycles. The summed E-state index contributed by atoms with van der Waals surface area (Å²) < 4.78 is 26.3. The molecule has 3 rings (SSSR count). The molecule has 1 aromatic carbocycles. The summed E-state index contributed by atoms with van der Waals surface area (Å²) in [7, 11) is 0. The minimum absolute atomic E-state index is 0. The van der Waals surface area contributed by atoms with Crippen molar-refractivity contribution in [2.45, 2.75) is 32.1 Å². The van der Waals surface area contributed by atoms with Gasteiger partial charge in [-0.3, -0.25) is 4.79 Å². The molecular formula is C17H23ClF2N2O. The van der Waals surface area contributed by atoms with Crippen LogP contribution in [0.2, 0.25) is 0 Å². The Morgan fingerprint density at radius 3 is 2.52 bits per heavy atom. The number of likely N-dealkylation sites (tertiary alicyclic amines) is 1. The molecule has 23 heavy (non-hydrogen) atoms. The van der Waals surface area contributed by atoms with Gasteiger partial charge < -0.3 is 10.6 Å². The summed E-state index contributed by atoms with van der Waals surface area (Å²) in [6.07, 6.45) is 2.59. The number of nitrogens with zero attached hydrogens (tertiary/aromatic N) is 1. The normalized spacial score (nSPS) is 25.7. The summed E-state index contributed by atoms with van der Waals surface area (Å²) in [5, 5.41) is 0. The van der Waals surface area contributed by atoms with Crippen LogP contribution in [0.25, 0.3) is 0 Å². The molecule has 6 heteroatoms. The van der Waals surface area contributed by atoms with Gasteiger partial charge in [-0.25, -0.2) is 8.78 Å². The summed E-state index contributed by atoms with van der Waals surface area (Å²) in [6.45, 7) is 4.30. The molecule has 0 bridgehead atoms. The maximum Gasteiger partial charge on any atom is 0.226 e. The average molecular weight is 345 g/mol. The largest absolute Gasteiger partial charge is 0.342 e. The molecule has 1 amide bonds. The van der Waals surface area contributed by atoms with Gasteiger partial charge in [0, 0.05) is 19.0 Å². The quantitative estimate of drug-likeness (QED) is 0.916. The van der Waals surface area contributed by atoms with E-state index in [9.17, 15) is 13.6 Å². The number of halogens is 3. The Balaban J connectivity index is 0.00000192. The van der Waals surface area contributed by atoms with E-state index in [4.69, 9.17) is 5.73 Å². The Hall–Kier alpha value is -1.20. The lowest BCUT2D eigenvalue weighted by Gasteiger charge is -2.38. The minimum atomic E-state index is -0.843. The molecule has 1 heterocycles. The van der Waals surface area contributed by atoms with Gasteiger partial charge in [0.15, 0.2) is 11.6 Å². The second-order valence-corrected chi connectivity index (χ2v) is 6.96. The van der Waals surface area contributed by atoms with Gasteiger partial charge in [-0.05, 0) is 54.8 Å². The highest BCUT2D eigenvalue weighted by atomic mass is 35.5. The molecule has 2 unspecified atom stereocenters. The van der Waals surface area contributed by atoms with Gasteiger partial charge in [0.1, 0.15) is 0 Å². The molecule has 0 radical (unpaired) electrons. The van der Waals surface area contributed by atoms with Crippen molar-refractivity contribution >= 4 is 18.3 Å². The third kappa shape index (κ3) is 3.66. The Morgan fingerprint density at radius 2 is 1.96 bits per heavy atom. The van der Waals surface area contributed by atoms with Crippen molar-refractivity contribution in [1.29, 1.82) is 0 Å².